The van der Waals surface area contributed by atoms with Crippen molar-refractivity contribution in [1.82, 2.24) is 29.8 Å². The van der Waals surface area contributed by atoms with E-state index in [2.05, 4.69) is 52.9 Å². The molecule has 0 spiro atoms. The third-order valence-corrected chi connectivity index (χ3v) is 4.25. The van der Waals surface area contributed by atoms with Gasteiger partial charge in [0, 0.05) is 25.6 Å². The second-order valence-electron chi connectivity index (χ2n) is 6.15. The lowest BCUT2D eigenvalue weighted by Gasteiger charge is -2.34. The van der Waals surface area contributed by atoms with Gasteiger partial charge >= 0.3 is 0 Å². The van der Waals surface area contributed by atoms with Gasteiger partial charge in [-0.3, -0.25) is 4.90 Å². The van der Waals surface area contributed by atoms with Gasteiger partial charge < -0.3 is 13.8 Å². The molecule has 1 aliphatic heterocycles. The monoisotopic (exact) mass is 320 g/mol. The van der Waals surface area contributed by atoms with Crippen LogP contribution in [0.25, 0.3) is 0 Å². The molecule has 3 heterocycles. The van der Waals surface area contributed by atoms with Gasteiger partial charge in [-0.15, -0.1) is 10.2 Å². The summed E-state index contributed by atoms with van der Waals surface area (Å²) in [4.78, 5) is 6.81. The Balaban J connectivity index is 1.72. The summed E-state index contributed by atoms with van der Waals surface area (Å²) < 4.78 is 13.3. The average molecular weight is 320 g/mol. The molecule has 0 amide bonds. The lowest BCUT2D eigenvalue weighted by Crippen LogP contribution is -2.40. The highest BCUT2D eigenvalue weighted by Crippen LogP contribution is 2.27. The van der Waals surface area contributed by atoms with Crippen LogP contribution in [0.15, 0.2) is 10.9 Å². The van der Waals surface area contributed by atoms with Crippen LogP contribution in [0.1, 0.15) is 63.3 Å². The number of aryl methyl sites for hydroxylation is 1. The van der Waals surface area contributed by atoms with Gasteiger partial charge in [-0.2, -0.15) is 4.98 Å². The maximum Gasteiger partial charge on any atom is 0.243 e. The summed E-state index contributed by atoms with van der Waals surface area (Å²) in [7, 11) is 0. The highest BCUT2D eigenvalue weighted by atomic mass is 16.5. The maximum absolute atomic E-state index is 5.89. The first kappa shape index (κ1) is 16.1. The first-order valence-corrected chi connectivity index (χ1v) is 8.17. The fraction of sp³-hybridized carbons (Fsp3) is 0.733. The van der Waals surface area contributed by atoms with Crippen LogP contribution in [0, 0.1) is 0 Å². The zero-order valence-corrected chi connectivity index (χ0v) is 14.1. The molecule has 8 heteroatoms. The molecule has 0 radical (unpaired) electrons. The molecule has 1 fully saturated rings. The zero-order chi connectivity index (χ0) is 16.4. The van der Waals surface area contributed by atoms with Gasteiger partial charge in [0.05, 0.1) is 12.6 Å². The Kier molecular flexibility index (Phi) is 4.72. The highest BCUT2D eigenvalue weighted by Gasteiger charge is 2.31. The predicted molar refractivity (Wildman–Crippen MR) is 82.8 cm³/mol. The van der Waals surface area contributed by atoms with Crippen LogP contribution < -0.4 is 0 Å². The average Bonchev–Trinajstić information content (AvgIpc) is 3.23. The van der Waals surface area contributed by atoms with Crippen LogP contribution in [-0.4, -0.2) is 49.5 Å². The fourth-order valence-electron chi connectivity index (χ4n) is 2.74. The van der Waals surface area contributed by atoms with E-state index in [0.29, 0.717) is 12.5 Å². The second-order valence-corrected chi connectivity index (χ2v) is 6.15. The largest absolute Gasteiger partial charge is 0.368 e. The minimum Gasteiger partial charge on any atom is -0.368 e. The number of nitrogens with zero attached hydrogens (tertiary/aromatic N) is 6. The van der Waals surface area contributed by atoms with E-state index in [9.17, 15) is 0 Å². The number of aromatic nitrogens is 5. The first-order valence-electron chi connectivity index (χ1n) is 8.17. The van der Waals surface area contributed by atoms with E-state index in [1.807, 2.05) is 4.57 Å². The fourth-order valence-corrected chi connectivity index (χ4v) is 2.74. The Labute approximate surface area is 135 Å². The van der Waals surface area contributed by atoms with Gasteiger partial charge in [-0.05, 0) is 13.8 Å². The van der Waals surface area contributed by atoms with E-state index in [1.165, 1.54) is 0 Å². The van der Waals surface area contributed by atoms with Gasteiger partial charge in [-0.1, -0.05) is 19.0 Å². The molecule has 2 atom stereocenters. The smallest absolute Gasteiger partial charge is 0.243 e. The molecule has 0 aliphatic carbocycles. The van der Waals surface area contributed by atoms with E-state index < -0.39 is 0 Å². The molecule has 23 heavy (non-hydrogen) atoms. The predicted octanol–water partition coefficient (Wildman–Crippen LogP) is 1.94. The Bertz CT molecular complexity index is 637. The van der Waals surface area contributed by atoms with Crippen molar-refractivity contribution in [3.63, 3.8) is 0 Å². The van der Waals surface area contributed by atoms with Crippen molar-refractivity contribution >= 4 is 0 Å². The van der Waals surface area contributed by atoms with E-state index >= 15 is 0 Å². The van der Waals surface area contributed by atoms with Crippen LogP contribution in [0.4, 0.5) is 0 Å². The van der Waals surface area contributed by atoms with Crippen molar-refractivity contribution in [2.45, 2.75) is 52.3 Å². The molecule has 126 valence electrons. The number of hydrogen-bond acceptors (Lipinski definition) is 7. The van der Waals surface area contributed by atoms with E-state index in [1.54, 1.807) is 6.33 Å². The lowest BCUT2D eigenvalue weighted by molar-refractivity contribution is -0.0523. The summed E-state index contributed by atoms with van der Waals surface area (Å²) in [6, 6.07) is 0.0550. The molecule has 8 nitrogen and oxygen atoms in total. The quantitative estimate of drug-likeness (QED) is 0.832. The molecule has 1 aliphatic rings. The molecular formula is C15H24N6O2. The molecule has 0 saturated carbocycles. The van der Waals surface area contributed by atoms with Crippen LogP contribution >= 0.6 is 0 Å². The summed E-state index contributed by atoms with van der Waals surface area (Å²) in [6.45, 7) is 11.3. The van der Waals surface area contributed by atoms with Crippen molar-refractivity contribution in [3.8, 4) is 0 Å². The summed E-state index contributed by atoms with van der Waals surface area (Å²) in [5.74, 6) is 2.55. The summed E-state index contributed by atoms with van der Waals surface area (Å²) >= 11 is 0. The standard InChI is InChI=1S/C15H24N6O2/c1-5-20-9-16-18-14(20)12-8-21(6-7-22-12)11(4)15-17-13(10(2)3)19-23-15/h9-12H,5-8H2,1-4H3/t11-,12+/m0/s1. The van der Waals surface area contributed by atoms with Crippen molar-refractivity contribution in [2.24, 2.45) is 0 Å². The number of ether oxygens (including phenoxy) is 1. The molecule has 0 unspecified atom stereocenters. The number of rotatable bonds is 5. The van der Waals surface area contributed by atoms with Gasteiger partial charge in [0.1, 0.15) is 12.4 Å². The maximum atomic E-state index is 5.89. The minimum absolute atomic E-state index is 0.0550. The van der Waals surface area contributed by atoms with Gasteiger partial charge in [0.2, 0.25) is 5.89 Å². The van der Waals surface area contributed by atoms with E-state index in [-0.39, 0.29) is 18.1 Å². The van der Waals surface area contributed by atoms with Crippen LogP contribution in [0.3, 0.4) is 0 Å². The number of morpholine rings is 1. The molecule has 2 aromatic heterocycles. The van der Waals surface area contributed by atoms with Gasteiger partial charge in [0.15, 0.2) is 11.6 Å². The zero-order valence-electron chi connectivity index (χ0n) is 14.1. The molecule has 0 aromatic carbocycles. The lowest BCUT2D eigenvalue weighted by atomic mass is 10.2. The SMILES string of the molecule is CCn1cnnc1[C@H]1CN([C@@H](C)c2nc(C(C)C)no2)CCO1. The van der Waals surface area contributed by atoms with Crippen LogP contribution in [0.2, 0.25) is 0 Å². The molecule has 0 N–H and O–H groups in total. The van der Waals surface area contributed by atoms with Crippen molar-refractivity contribution in [2.75, 3.05) is 19.7 Å². The third-order valence-electron chi connectivity index (χ3n) is 4.25. The molecule has 2 aromatic rings. The minimum atomic E-state index is -0.0823. The molecule has 0 bridgehead atoms. The molecular weight excluding hydrogens is 296 g/mol. The summed E-state index contributed by atoms with van der Waals surface area (Å²) in [5, 5.41) is 12.3. The summed E-state index contributed by atoms with van der Waals surface area (Å²) in [5.41, 5.74) is 0. The van der Waals surface area contributed by atoms with Gasteiger partial charge in [-0.25, -0.2) is 0 Å². The number of hydrogen-bond donors (Lipinski definition) is 0. The third kappa shape index (κ3) is 3.28. The highest BCUT2D eigenvalue weighted by molar-refractivity contribution is 4.99. The summed E-state index contributed by atoms with van der Waals surface area (Å²) in [6.07, 6.45) is 1.66. The Morgan fingerprint density at radius 2 is 2.17 bits per heavy atom. The van der Waals surface area contributed by atoms with Crippen molar-refractivity contribution in [1.29, 1.82) is 0 Å². The second kappa shape index (κ2) is 6.76. The normalized spacial score (nSPS) is 21.0. The van der Waals surface area contributed by atoms with Crippen LogP contribution in [-0.2, 0) is 11.3 Å². The first-order chi connectivity index (χ1) is 11.1. The topological polar surface area (TPSA) is 82.1 Å². The Morgan fingerprint density at radius 3 is 2.87 bits per heavy atom. The molecule has 1 saturated heterocycles. The van der Waals surface area contributed by atoms with Crippen LogP contribution in [0.5, 0.6) is 0 Å². The Hall–Kier alpha value is -1.80. The molecule has 3 rings (SSSR count). The van der Waals surface area contributed by atoms with Crippen molar-refractivity contribution < 1.29 is 9.26 Å². The van der Waals surface area contributed by atoms with E-state index in [4.69, 9.17) is 9.26 Å². The Morgan fingerprint density at radius 1 is 1.35 bits per heavy atom. The van der Waals surface area contributed by atoms with E-state index in [0.717, 1.165) is 31.3 Å². The van der Waals surface area contributed by atoms with Crippen molar-refractivity contribution in [3.05, 3.63) is 23.9 Å². The van der Waals surface area contributed by atoms with Gasteiger partial charge in [0.25, 0.3) is 0 Å².